The molecular formula is C17H27ClN2O. The summed E-state index contributed by atoms with van der Waals surface area (Å²) in [7, 11) is 0. The molecule has 2 N–H and O–H groups in total. The van der Waals surface area contributed by atoms with Gasteiger partial charge in [0.2, 0.25) is 5.91 Å². The van der Waals surface area contributed by atoms with Crippen molar-refractivity contribution in [3.05, 3.63) is 34.9 Å². The summed E-state index contributed by atoms with van der Waals surface area (Å²) in [6.07, 6.45) is 1.24. The summed E-state index contributed by atoms with van der Waals surface area (Å²) in [5, 5.41) is 0.695. The molecule has 0 aliphatic rings. The van der Waals surface area contributed by atoms with Gasteiger partial charge in [-0.3, -0.25) is 4.79 Å². The quantitative estimate of drug-likeness (QED) is 0.867. The second kappa shape index (κ2) is 7.81. The molecular weight excluding hydrogens is 284 g/mol. The fourth-order valence-electron chi connectivity index (χ4n) is 2.44. The lowest BCUT2D eigenvalue weighted by molar-refractivity contribution is -0.132. The summed E-state index contributed by atoms with van der Waals surface area (Å²) in [5.41, 5.74) is 7.29. The molecule has 0 aliphatic carbocycles. The molecule has 1 rings (SSSR count). The van der Waals surface area contributed by atoms with Gasteiger partial charge in [0, 0.05) is 30.6 Å². The van der Waals surface area contributed by atoms with Crippen LogP contribution in [0.2, 0.25) is 5.02 Å². The van der Waals surface area contributed by atoms with Crippen LogP contribution in [0.4, 0.5) is 0 Å². The molecule has 0 fully saturated rings. The van der Waals surface area contributed by atoms with Gasteiger partial charge in [0.25, 0.3) is 0 Å². The third kappa shape index (κ3) is 6.96. The second-order valence-electron chi connectivity index (χ2n) is 6.77. The van der Waals surface area contributed by atoms with Crippen LogP contribution in [-0.2, 0) is 11.3 Å². The van der Waals surface area contributed by atoms with Crippen LogP contribution in [0.3, 0.4) is 0 Å². The number of carbonyl (C=O) groups excluding carboxylic acids is 1. The Bertz CT molecular complexity index is 468. The van der Waals surface area contributed by atoms with E-state index >= 15 is 0 Å². The fraction of sp³-hybridized carbons (Fsp3) is 0.588. The average molecular weight is 311 g/mol. The van der Waals surface area contributed by atoms with Crippen LogP contribution in [0.5, 0.6) is 0 Å². The molecule has 0 spiro atoms. The number of nitrogens with two attached hydrogens (primary N) is 1. The van der Waals surface area contributed by atoms with E-state index in [0.717, 1.165) is 12.0 Å². The summed E-state index contributed by atoms with van der Waals surface area (Å²) in [5.74, 6) is 0.106. The molecule has 118 valence electrons. The highest BCUT2D eigenvalue weighted by Gasteiger charge is 2.20. The Labute approximate surface area is 133 Å². The van der Waals surface area contributed by atoms with Gasteiger partial charge in [0.15, 0.2) is 0 Å². The van der Waals surface area contributed by atoms with E-state index in [4.69, 9.17) is 17.3 Å². The van der Waals surface area contributed by atoms with E-state index in [1.807, 2.05) is 36.1 Å². The maximum absolute atomic E-state index is 12.4. The summed E-state index contributed by atoms with van der Waals surface area (Å²) in [6.45, 7) is 9.66. The minimum absolute atomic E-state index is 0.0917. The van der Waals surface area contributed by atoms with Crippen LogP contribution in [0, 0.1) is 5.41 Å². The van der Waals surface area contributed by atoms with Gasteiger partial charge in [-0.2, -0.15) is 0 Å². The molecule has 3 nitrogen and oxygen atoms in total. The highest BCUT2D eigenvalue weighted by atomic mass is 35.5. The number of hydrogen-bond acceptors (Lipinski definition) is 2. The Morgan fingerprint density at radius 3 is 2.57 bits per heavy atom. The number of carbonyl (C=O) groups is 1. The van der Waals surface area contributed by atoms with E-state index in [1.54, 1.807) is 0 Å². The van der Waals surface area contributed by atoms with Crippen molar-refractivity contribution >= 4 is 17.5 Å². The van der Waals surface area contributed by atoms with Gasteiger partial charge in [-0.15, -0.1) is 0 Å². The summed E-state index contributed by atoms with van der Waals surface area (Å²) < 4.78 is 0. The minimum atomic E-state index is -0.0917. The summed E-state index contributed by atoms with van der Waals surface area (Å²) in [4.78, 5) is 14.2. The second-order valence-corrected chi connectivity index (χ2v) is 7.20. The molecule has 0 aromatic heterocycles. The largest absolute Gasteiger partial charge is 0.339 e. The van der Waals surface area contributed by atoms with E-state index in [-0.39, 0.29) is 17.4 Å². The van der Waals surface area contributed by atoms with Crippen molar-refractivity contribution in [1.82, 2.24) is 4.90 Å². The van der Waals surface area contributed by atoms with Crippen molar-refractivity contribution in [3.63, 3.8) is 0 Å². The molecule has 1 aromatic rings. The first-order chi connectivity index (χ1) is 9.71. The van der Waals surface area contributed by atoms with Crippen molar-refractivity contribution in [1.29, 1.82) is 0 Å². The molecule has 0 bridgehead atoms. The molecule has 1 amide bonds. The van der Waals surface area contributed by atoms with E-state index in [9.17, 15) is 4.79 Å². The SMILES string of the molecule is CCN(Cc1cccc(Cl)c1)C(=O)CC(N)CC(C)(C)C. The zero-order valence-corrected chi connectivity index (χ0v) is 14.3. The first-order valence-corrected chi connectivity index (χ1v) is 7.87. The highest BCUT2D eigenvalue weighted by molar-refractivity contribution is 6.30. The topological polar surface area (TPSA) is 46.3 Å². The lowest BCUT2D eigenvalue weighted by Gasteiger charge is -2.26. The Balaban J connectivity index is 2.61. The van der Waals surface area contributed by atoms with Crippen molar-refractivity contribution < 1.29 is 4.79 Å². The van der Waals surface area contributed by atoms with E-state index in [1.165, 1.54) is 0 Å². The molecule has 1 atom stereocenters. The first kappa shape index (κ1) is 18.0. The van der Waals surface area contributed by atoms with E-state index in [0.29, 0.717) is 24.5 Å². The minimum Gasteiger partial charge on any atom is -0.339 e. The molecule has 1 aromatic carbocycles. The van der Waals surface area contributed by atoms with Crippen LogP contribution < -0.4 is 5.73 Å². The fourth-order valence-corrected chi connectivity index (χ4v) is 2.66. The standard InChI is InChI=1S/C17H27ClN2O/c1-5-20(12-13-7-6-8-14(18)9-13)16(21)10-15(19)11-17(2,3)4/h6-9,15H,5,10-12,19H2,1-4H3. The Kier molecular flexibility index (Phi) is 6.69. The lowest BCUT2D eigenvalue weighted by Crippen LogP contribution is -2.37. The third-order valence-electron chi connectivity index (χ3n) is 3.31. The third-order valence-corrected chi connectivity index (χ3v) is 3.54. The molecule has 0 radical (unpaired) electrons. The summed E-state index contributed by atoms with van der Waals surface area (Å²) in [6, 6.07) is 7.53. The Morgan fingerprint density at radius 1 is 1.38 bits per heavy atom. The van der Waals surface area contributed by atoms with E-state index in [2.05, 4.69) is 20.8 Å². The van der Waals surface area contributed by atoms with Gasteiger partial charge >= 0.3 is 0 Å². The van der Waals surface area contributed by atoms with Gasteiger partial charge in [0.05, 0.1) is 0 Å². The molecule has 1 unspecified atom stereocenters. The molecule has 0 saturated carbocycles. The van der Waals surface area contributed by atoms with Crippen molar-refractivity contribution in [2.24, 2.45) is 11.1 Å². The van der Waals surface area contributed by atoms with Crippen LogP contribution in [0.25, 0.3) is 0 Å². The highest BCUT2D eigenvalue weighted by Crippen LogP contribution is 2.21. The zero-order valence-electron chi connectivity index (χ0n) is 13.5. The average Bonchev–Trinajstić information content (AvgIpc) is 2.33. The van der Waals surface area contributed by atoms with Gasteiger partial charge < -0.3 is 10.6 Å². The van der Waals surface area contributed by atoms with Crippen LogP contribution in [0.1, 0.15) is 46.1 Å². The first-order valence-electron chi connectivity index (χ1n) is 7.49. The number of halogens is 1. The molecule has 0 heterocycles. The van der Waals surface area contributed by atoms with Crippen molar-refractivity contribution in [3.8, 4) is 0 Å². The van der Waals surface area contributed by atoms with Gasteiger partial charge in [-0.25, -0.2) is 0 Å². The van der Waals surface area contributed by atoms with Gasteiger partial charge in [-0.05, 0) is 36.5 Å². The lowest BCUT2D eigenvalue weighted by atomic mass is 9.87. The monoisotopic (exact) mass is 310 g/mol. The van der Waals surface area contributed by atoms with E-state index < -0.39 is 0 Å². The number of nitrogens with zero attached hydrogens (tertiary/aromatic N) is 1. The van der Waals surface area contributed by atoms with Crippen molar-refractivity contribution in [2.45, 2.75) is 53.1 Å². The maximum Gasteiger partial charge on any atom is 0.224 e. The number of hydrogen-bond donors (Lipinski definition) is 1. The van der Waals surface area contributed by atoms with Crippen molar-refractivity contribution in [2.75, 3.05) is 6.54 Å². The molecule has 4 heteroatoms. The predicted octanol–water partition coefficient (Wildman–Crippen LogP) is 3.84. The van der Waals surface area contributed by atoms with Crippen LogP contribution in [-0.4, -0.2) is 23.4 Å². The molecule has 0 aliphatic heterocycles. The number of rotatable bonds is 6. The van der Waals surface area contributed by atoms with Crippen LogP contribution >= 0.6 is 11.6 Å². The smallest absolute Gasteiger partial charge is 0.224 e. The zero-order chi connectivity index (χ0) is 16.0. The number of amides is 1. The summed E-state index contributed by atoms with van der Waals surface area (Å²) >= 11 is 5.98. The normalized spacial score (nSPS) is 13.0. The van der Waals surface area contributed by atoms with Gasteiger partial charge in [-0.1, -0.05) is 44.5 Å². The Hall–Kier alpha value is -1.06. The molecule has 0 saturated heterocycles. The number of benzene rings is 1. The maximum atomic E-state index is 12.4. The van der Waals surface area contributed by atoms with Gasteiger partial charge in [0.1, 0.15) is 0 Å². The van der Waals surface area contributed by atoms with Crippen LogP contribution in [0.15, 0.2) is 24.3 Å². The predicted molar refractivity (Wildman–Crippen MR) is 89.2 cm³/mol. The molecule has 21 heavy (non-hydrogen) atoms. The Morgan fingerprint density at radius 2 is 2.05 bits per heavy atom.